The SMILES string of the molecule is C=C(Br)CN[C@H](C)C1CCCCCC1. The van der Waals surface area contributed by atoms with Gasteiger partial charge in [-0.05, 0) is 25.7 Å². The van der Waals surface area contributed by atoms with Crippen LogP contribution in [0.25, 0.3) is 0 Å². The van der Waals surface area contributed by atoms with E-state index in [1.807, 2.05) is 0 Å². The largest absolute Gasteiger partial charge is 0.309 e. The topological polar surface area (TPSA) is 12.0 Å². The van der Waals surface area contributed by atoms with Crippen molar-refractivity contribution < 1.29 is 0 Å². The van der Waals surface area contributed by atoms with Gasteiger partial charge in [0.05, 0.1) is 0 Å². The van der Waals surface area contributed by atoms with Gasteiger partial charge in [-0.3, -0.25) is 0 Å². The summed E-state index contributed by atoms with van der Waals surface area (Å²) in [6.45, 7) is 7.06. The predicted molar refractivity (Wildman–Crippen MR) is 66.7 cm³/mol. The lowest BCUT2D eigenvalue weighted by atomic mass is 9.93. The lowest BCUT2D eigenvalue weighted by molar-refractivity contribution is 0.346. The molecule has 0 aromatic heterocycles. The molecule has 0 spiro atoms. The standard InChI is InChI=1S/C12H22BrN/c1-10(13)9-14-11(2)12-7-5-3-4-6-8-12/h11-12,14H,1,3-9H2,2H3/t11-/m1/s1. The fourth-order valence-corrected chi connectivity index (χ4v) is 2.41. The summed E-state index contributed by atoms with van der Waals surface area (Å²) in [5.41, 5.74) is 0. The van der Waals surface area contributed by atoms with Crippen LogP contribution in [0.4, 0.5) is 0 Å². The highest BCUT2D eigenvalue weighted by Crippen LogP contribution is 2.25. The van der Waals surface area contributed by atoms with Gasteiger partial charge in [0.1, 0.15) is 0 Å². The second-order valence-electron chi connectivity index (χ2n) is 4.44. The summed E-state index contributed by atoms with van der Waals surface area (Å²) < 4.78 is 1.05. The Morgan fingerprint density at radius 2 is 1.93 bits per heavy atom. The molecule has 2 heteroatoms. The summed E-state index contributed by atoms with van der Waals surface area (Å²) in [6, 6.07) is 0.641. The lowest BCUT2D eigenvalue weighted by Gasteiger charge is -2.23. The Hall–Kier alpha value is 0.180. The van der Waals surface area contributed by atoms with Crippen LogP contribution < -0.4 is 5.32 Å². The first-order valence-corrected chi connectivity index (χ1v) is 6.56. The van der Waals surface area contributed by atoms with Gasteiger partial charge in [0.25, 0.3) is 0 Å². The van der Waals surface area contributed by atoms with Gasteiger partial charge in [-0.15, -0.1) is 0 Å². The first-order valence-electron chi connectivity index (χ1n) is 5.77. The third kappa shape index (κ3) is 4.61. The molecule has 0 amide bonds. The Kier molecular flexibility index (Phi) is 5.80. The number of hydrogen-bond acceptors (Lipinski definition) is 1. The first kappa shape index (κ1) is 12.3. The molecule has 0 unspecified atom stereocenters. The third-order valence-corrected chi connectivity index (χ3v) is 3.50. The van der Waals surface area contributed by atoms with Crippen molar-refractivity contribution in [3.8, 4) is 0 Å². The first-order chi connectivity index (χ1) is 6.70. The highest BCUT2D eigenvalue weighted by atomic mass is 79.9. The van der Waals surface area contributed by atoms with Crippen LogP contribution in [0.15, 0.2) is 11.1 Å². The highest BCUT2D eigenvalue weighted by molar-refractivity contribution is 9.11. The number of nitrogens with one attached hydrogen (secondary N) is 1. The molecule has 0 bridgehead atoms. The van der Waals surface area contributed by atoms with E-state index in [0.29, 0.717) is 6.04 Å². The summed E-state index contributed by atoms with van der Waals surface area (Å²) in [5.74, 6) is 0.879. The molecule has 1 nitrogen and oxygen atoms in total. The molecule has 0 aliphatic heterocycles. The predicted octanol–water partition coefficient (Wildman–Crippen LogP) is 3.84. The van der Waals surface area contributed by atoms with Gasteiger partial charge in [0, 0.05) is 17.1 Å². The smallest absolute Gasteiger partial charge is 0.0268 e. The summed E-state index contributed by atoms with van der Waals surface area (Å²) in [5, 5.41) is 3.53. The van der Waals surface area contributed by atoms with Crippen molar-refractivity contribution in [2.45, 2.75) is 51.5 Å². The minimum atomic E-state index is 0.641. The zero-order chi connectivity index (χ0) is 10.4. The fraction of sp³-hybridized carbons (Fsp3) is 0.833. The van der Waals surface area contributed by atoms with Crippen LogP contribution >= 0.6 is 15.9 Å². The van der Waals surface area contributed by atoms with Gasteiger partial charge in [0.15, 0.2) is 0 Å². The van der Waals surface area contributed by atoms with Crippen LogP contribution in [0, 0.1) is 5.92 Å². The zero-order valence-corrected chi connectivity index (χ0v) is 10.8. The number of halogens is 1. The van der Waals surface area contributed by atoms with E-state index in [9.17, 15) is 0 Å². The minimum Gasteiger partial charge on any atom is -0.309 e. The molecule has 1 rings (SSSR count). The van der Waals surface area contributed by atoms with Crippen LogP contribution in [0.1, 0.15) is 45.4 Å². The van der Waals surface area contributed by atoms with Crippen LogP contribution in [0.5, 0.6) is 0 Å². The van der Waals surface area contributed by atoms with E-state index >= 15 is 0 Å². The van der Waals surface area contributed by atoms with Crippen LogP contribution in [-0.2, 0) is 0 Å². The van der Waals surface area contributed by atoms with E-state index in [-0.39, 0.29) is 0 Å². The summed E-state index contributed by atoms with van der Waals surface area (Å²) >= 11 is 3.39. The molecule has 0 aromatic carbocycles. The van der Waals surface area contributed by atoms with Crippen LogP contribution in [-0.4, -0.2) is 12.6 Å². The van der Waals surface area contributed by atoms with Crippen molar-refractivity contribution in [1.29, 1.82) is 0 Å². The van der Waals surface area contributed by atoms with Crippen molar-refractivity contribution >= 4 is 15.9 Å². The minimum absolute atomic E-state index is 0.641. The fourth-order valence-electron chi connectivity index (χ4n) is 2.25. The maximum Gasteiger partial charge on any atom is 0.0268 e. The van der Waals surface area contributed by atoms with E-state index in [1.54, 1.807) is 0 Å². The summed E-state index contributed by atoms with van der Waals surface area (Å²) in [4.78, 5) is 0. The van der Waals surface area contributed by atoms with E-state index in [4.69, 9.17) is 0 Å². The molecule has 1 saturated carbocycles. The Morgan fingerprint density at radius 3 is 2.43 bits per heavy atom. The van der Waals surface area contributed by atoms with E-state index in [1.165, 1.54) is 38.5 Å². The Balaban J connectivity index is 2.26. The summed E-state index contributed by atoms with van der Waals surface area (Å²) in [6.07, 6.45) is 8.53. The Bertz CT molecular complexity index is 171. The van der Waals surface area contributed by atoms with E-state index in [2.05, 4.69) is 34.7 Å². The molecular weight excluding hydrogens is 238 g/mol. The molecular formula is C12H22BrN. The maximum atomic E-state index is 3.84. The molecule has 1 N–H and O–H groups in total. The molecule has 0 aromatic rings. The van der Waals surface area contributed by atoms with Gasteiger partial charge in [-0.1, -0.05) is 48.2 Å². The van der Waals surface area contributed by atoms with Crippen LogP contribution in [0.2, 0.25) is 0 Å². The van der Waals surface area contributed by atoms with E-state index in [0.717, 1.165) is 16.9 Å². The van der Waals surface area contributed by atoms with Crippen molar-refractivity contribution in [3.05, 3.63) is 11.1 Å². The number of hydrogen-bond donors (Lipinski definition) is 1. The molecule has 14 heavy (non-hydrogen) atoms. The Labute approximate surface area is 96.5 Å². The highest BCUT2D eigenvalue weighted by Gasteiger charge is 2.18. The molecule has 1 aliphatic carbocycles. The molecule has 82 valence electrons. The average Bonchev–Trinajstić information content (AvgIpc) is 2.42. The zero-order valence-electron chi connectivity index (χ0n) is 9.19. The normalized spacial score (nSPS) is 21.6. The molecule has 0 saturated heterocycles. The quantitative estimate of drug-likeness (QED) is 0.757. The third-order valence-electron chi connectivity index (χ3n) is 3.22. The second-order valence-corrected chi connectivity index (χ2v) is 5.56. The van der Waals surface area contributed by atoms with Gasteiger partial charge < -0.3 is 5.32 Å². The van der Waals surface area contributed by atoms with Crippen molar-refractivity contribution in [2.24, 2.45) is 5.92 Å². The molecule has 1 fully saturated rings. The van der Waals surface area contributed by atoms with Gasteiger partial charge in [0.2, 0.25) is 0 Å². The Morgan fingerprint density at radius 1 is 1.36 bits per heavy atom. The maximum absolute atomic E-state index is 3.84. The monoisotopic (exact) mass is 259 g/mol. The lowest BCUT2D eigenvalue weighted by Crippen LogP contribution is -2.34. The van der Waals surface area contributed by atoms with Gasteiger partial charge in [-0.25, -0.2) is 0 Å². The van der Waals surface area contributed by atoms with Crippen molar-refractivity contribution in [3.63, 3.8) is 0 Å². The number of rotatable bonds is 4. The van der Waals surface area contributed by atoms with Gasteiger partial charge >= 0.3 is 0 Å². The van der Waals surface area contributed by atoms with Crippen molar-refractivity contribution in [1.82, 2.24) is 5.32 Å². The molecule has 0 heterocycles. The van der Waals surface area contributed by atoms with Crippen LogP contribution in [0.3, 0.4) is 0 Å². The van der Waals surface area contributed by atoms with Crippen molar-refractivity contribution in [2.75, 3.05) is 6.54 Å². The molecule has 0 radical (unpaired) electrons. The molecule has 1 atom stereocenters. The second kappa shape index (κ2) is 6.62. The van der Waals surface area contributed by atoms with Gasteiger partial charge in [-0.2, -0.15) is 0 Å². The average molecular weight is 260 g/mol. The summed E-state index contributed by atoms with van der Waals surface area (Å²) in [7, 11) is 0. The van der Waals surface area contributed by atoms with E-state index < -0.39 is 0 Å². The molecule has 1 aliphatic rings.